The molecule has 0 radical (unpaired) electrons. The predicted octanol–water partition coefficient (Wildman–Crippen LogP) is 6.54. The van der Waals surface area contributed by atoms with Crippen molar-refractivity contribution in [3.63, 3.8) is 0 Å². The Kier molecular flexibility index (Phi) is 7.63. The van der Waals surface area contributed by atoms with E-state index in [1.807, 2.05) is 61.9 Å². The lowest BCUT2D eigenvalue weighted by Gasteiger charge is -2.29. The second kappa shape index (κ2) is 11.5. The highest BCUT2D eigenvalue weighted by atomic mass is 16.5. The molecule has 208 valence electrons. The normalized spacial score (nSPS) is 11.6. The summed E-state index contributed by atoms with van der Waals surface area (Å²) >= 11 is 0. The molecule has 4 heterocycles. The number of hydrogen-bond donors (Lipinski definition) is 0. The zero-order chi connectivity index (χ0) is 29.9. The average Bonchev–Trinajstić information content (AvgIpc) is 3.57. The Hall–Kier alpha value is -5.62. The van der Waals surface area contributed by atoms with Crippen LogP contribution in [0, 0.1) is 25.2 Å². The predicted molar refractivity (Wildman–Crippen MR) is 160 cm³/mol. The Labute approximate surface area is 243 Å². The van der Waals surface area contributed by atoms with Gasteiger partial charge in [0.1, 0.15) is 11.8 Å². The van der Waals surface area contributed by atoms with Crippen molar-refractivity contribution in [1.29, 1.82) is 5.26 Å². The Morgan fingerprint density at radius 2 is 1.71 bits per heavy atom. The molecule has 0 saturated carbocycles. The molecule has 0 aliphatic carbocycles. The molecule has 0 aliphatic rings. The number of allylic oxidation sites excluding steroid dienone is 1. The molecular formula is C33H28N6O3. The summed E-state index contributed by atoms with van der Waals surface area (Å²) in [7, 11) is 1.34. The molecule has 1 aromatic carbocycles. The SMILES string of the molecule is C=Nc1c(-c2ccc(C(=O)OC)cc2)cn(C(C#N)(c2ccccn2)c2ccccn2)c1/C=C(\C)c1c(C)noc1C. The number of aromatic nitrogens is 4. The fourth-order valence-electron chi connectivity index (χ4n) is 5.23. The first-order valence-electron chi connectivity index (χ1n) is 13.1. The molecule has 0 saturated heterocycles. The van der Waals surface area contributed by atoms with Crippen molar-refractivity contribution in [1.82, 2.24) is 19.7 Å². The number of carbonyl (C=O) groups is 1. The fourth-order valence-corrected chi connectivity index (χ4v) is 5.23. The summed E-state index contributed by atoms with van der Waals surface area (Å²) in [5, 5.41) is 15.2. The molecular weight excluding hydrogens is 528 g/mol. The monoisotopic (exact) mass is 556 g/mol. The van der Waals surface area contributed by atoms with Crippen molar-refractivity contribution in [2.45, 2.75) is 26.3 Å². The second-order valence-corrected chi connectivity index (χ2v) is 9.65. The van der Waals surface area contributed by atoms with Crippen LogP contribution in [0.3, 0.4) is 0 Å². The van der Waals surface area contributed by atoms with Gasteiger partial charge in [0.2, 0.25) is 5.54 Å². The zero-order valence-electron chi connectivity index (χ0n) is 23.7. The molecule has 0 amide bonds. The number of aliphatic imine (C=N–C) groups is 1. The number of methoxy groups -OCH3 is 1. The third-order valence-corrected chi connectivity index (χ3v) is 7.17. The first-order valence-corrected chi connectivity index (χ1v) is 13.1. The van der Waals surface area contributed by atoms with Gasteiger partial charge in [-0.2, -0.15) is 5.26 Å². The van der Waals surface area contributed by atoms with E-state index in [9.17, 15) is 10.1 Å². The topological polar surface area (TPSA) is 119 Å². The van der Waals surface area contributed by atoms with Crippen LogP contribution in [0.4, 0.5) is 5.69 Å². The van der Waals surface area contributed by atoms with E-state index < -0.39 is 11.5 Å². The van der Waals surface area contributed by atoms with Crippen LogP contribution in [-0.4, -0.2) is 39.5 Å². The molecule has 9 heteroatoms. The number of benzene rings is 1. The summed E-state index contributed by atoms with van der Waals surface area (Å²) in [5.41, 5.74) is 4.97. The van der Waals surface area contributed by atoms with E-state index in [2.05, 4.69) is 32.9 Å². The molecule has 0 aliphatic heterocycles. The molecule has 0 atom stereocenters. The lowest BCUT2D eigenvalue weighted by atomic mass is 9.90. The Balaban J connectivity index is 1.87. The van der Waals surface area contributed by atoms with Gasteiger partial charge in [-0.15, -0.1) is 0 Å². The highest BCUT2D eigenvalue weighted by molar-refractivity contribution is 5.93. The number of rotatable bonds is 8. The molecule has 0 unspecified atom stereocenters. The summed E-state index contributed by atoms with van der Waals surface area (Å²) in [6.07, 6.45) is 7.10. The van der Waals surface area contributed by atoms with Crippen LogP contribution in [0.25, 0.3) is 22.8 Å². The summed E-state index contributed by atoms with van der Waals surface area (Å²) in [5.74, 6) is 0.237. The zero-order valence-corrected chi connectivity index (χ0v) is 23.7. The van der Waals surface area contributed by atoms with Crippen LogP contribution >= 0.6 is 0 Å². The van der Waals surface area contributed by atoms with Crippen molar-refractivity contribution in [3.05, 3.63) is 119 Å². The molecule has 0 bridgehead atoms. The average molecular weight is 557 g/mol. The van der Waals surface area contributed by atoms with Gasteiger partial charge in [0.15, 0.2) is 0 Å². The maximum Gasteiger partial charge on any atom is 0.337 e. The minimum Gasteiger partial charge on any atom is -0.465 e. The number of ether oxygens (including phenoxy) is 1. The van der Waals surface area contributed by atoms with Crippen molar-refractivity contribution >= 4 is 30.0 Å². The van der Waals surface area contributed by atoms with E-state index in [4.69, 9.17) is 9.26 Å². The van der Waals surface area contributed by atoms with Crippen LogP contribution in [0.2, 0.25) is 0 Å². The van der Waals surface area contributed by atoms with Crippen molar-refractivity contribution in [3.8, 4) is 17.2 Å². The van der Waals surface area contributed by atoms with E-state index in [0.717, 1.165) is 22.4 Å². The minimum absolute atomic E-state index is 0.413. The third kappa shape index (κ3) is 4.69. The Morgan fingerprint density at radius 1 is 1.07 bits per heavy atom. The quantitative estimate of drug-likeness (QED) is 0.157. The number of pyridine rings is 2. The molecule has 42 heavy (non-hydrogen) atoms. The van der Waals surface area contributed by atoms with Crippen molar-refractivity contribution < 1.29 is 14.1 Å². The van der Waals surface area contributed by atoms with Gasteiger partial charge >= 0.3 is 5.97 Å². The number of nitrogens with zero attached hydrogens (tertiary/aromatic N) is 6. The third-order valence-electron chi connectivity index (χ3n) is 7.17. The van der Waals surface area contributed by atoms with Crippen molar-refractivity contribution in [2.24, 2.45) is 4.99 Å². The largest absolute Gasteiger partial charge is 0.465 e. The first-order chi connectivity index (χ1) is 20.3. The van der Waals surface area contributed by atoms with Gasteiger partial charge in [0.05, 0.1) is 41.1 Å². The summed E-state index contributed by atoms with van der Waals surface area (Å²) in [6, 6.07) is 20.4. The van der Waals surface area contributed by atoms with Crippen molar-refractivity contribution in [2.75, 3.05) is 7.11 Å². The van der Waals surface area contributed by atoms with Crippen LogP contribution in [0.5, 0.6) is 0 Å². The minimum atomic E-state index is -1.48. The number of nitriles is 1. The van der Waals surface area contributed by atoms with Gasteiger partial charge in [0.25, 0.3) is 0 Å². The summed E-state index contributed by atoms with van der Waals surface area (Å²) < 4.78 is 12.1. The van der Waals surface area contributed by atoms with E-state index in [1.165, 1.54) is 7.11 Å². The van der Waals surface area contributed by atoms with E-state index >= 15 is 0 Å². The van der Waals surface area contributed by atoms with Crippen LogP contribution in [0.15, 0.2) is 88.8 Å². The standard InChI is InChI=1S/C33H28N6O3/c1-21(30-22(2)38-42-23(30)3)18-27-31(35-4)26(24-12-14-25(15-13-24)32(40)41-5)19-39(27)33(20-34,28-10-6-8-16-36-28)29-11-7-9-17-37-29/h6-19H,4H2,1-3,5H3/b21-18+. The molecule has 9 nitrogen and oxygen atoms in total. The number of carbonyl (C=O) groups excluding carboxylic acids is 1. The fraction of sp³-hybridized carbons (Fsp3) is 0.152. The second-order valence-electron chi connectivity index (χ2n) is 9.65. The van der Waals surface area contributed by atoms with Crippen LogP contribution in [0.1, 0.15) is 51.4 Å². The van der Waals surface area contributed by atoms with Gasteiger partial charge < -0.3 is 13.8 Å². The summed E-state index contributed by atoms with van der Waals surface area (Å²) in [6.45, 7) is 9.59. The van der Waals surface area contributed by atoms with Gasteiger partial charge in [-0.3, -0.25) is 15.0 Å². The van der Waals surface area contributed by atoms with E-state index in [1.54, 1.807) is 48.8 Å². The highest BCUT2D eigenvalue weighted by Gasteiger charge is 2.42. The molecule has 5 rings (SSSR count). The molecule has 0 N–H and O–H groups in total. The van der Waals surface area contributed by atoms with Gasteiger partial charge in [-0.1, -0.05) is 29.4 Å². The molecule has 5 aromatic rings. The summed E-state index contributed by atoms with van der Waals surface area (Å²) in [4.78, 5) is 25.8. The number of esters is 1. The number of hydrogen-bond acceptors (Lipinski definition) is 8. The number of aryl methyl sites for hydroxylation is 2. The van der Waals surface area contributed by atoms with E-state index in [-0.39, 0.29) is 0 Å². The lowest BCUT2D eigenvalue weighted by Crippen LogP contribution is -2.37. The lowest BCUT2D eigenvalue weighted by molar-refractivity contribution is 0.0600. The smallest absolute Gasteiger partial charge is 0.337 e. The van der Waals surface area contributed by atoms with Crippen LogP contribution in [-0.2, 0) is 10.3 Å². The van der Waals surface area contributed by atoms with Gasteiger partial charge in [-0.25, -0.2) is 4.79 Å². The first kappa shape index (κ1) is 27.9. The maximum absolute atomic E-state index is 12.1. The molecule has 0 fully saturated rings. The van der Waals surface area contributed by atoms with Gasteiger partial charge in [-0.05, 0) is 81.1 Å². The van der Waals surface area contributed by atoms with Crippen LogP contribution < -0.4 is 0 Å². The highest BCUT2D eigenvalue weighted by Crippen LogP contribution is 2.43. The Bertz CT molecular complexity index is 1770. The molecule has 0 spiro atoms. The van der Waals surface area contributed by atoms with Gasteiger partial charge in [0, 0.05) is 29.7 Å². The molecule has 4 aromatic heterocycles. The Morgan fingerprint density at radius 3 is 2.19 bits per heavy atom. The van der Waals surface area contributed by atoms with E-state index in [0.29, 0.717) is 39.7 Å². The maximum atomic E-state index is 12.1.